The quantitative estimate of drug-likeness (QED) is 0.648. The van der Waals surface area contributed by atoms with Crippen molar-refractivity contribution in [1.82, 2.24) is 25.3 Å². The fraction of sp³-hybridized carbons (Fsp3) is 0.320. The number of aromatic amines is 1. The third-order valence-corrected chi connectivity index (χ3v) is 6.15. The van der Waals surface area contributed by atoms with E-state index in [1.54, 1.807) is 18.6 Å². The minimum absolute atomic E-state index is 0.704. The van der Waals surface area contributed by atoms with Crippen molar-refractivity contribution in [2.45, 2.75) is 25.8 Å². The Balaban J connectivity index is 1.16. The predicted molar refractivity (Wildman–Crippen MR) is 123 cm³/mol. The van der Waals surface area contributed by atoms with Crippen LogP contribution < -0.4 is 5.43 Å². The van der Waals surface area contributed by atoms with E-state index in [4.69, 9.17) is 0 Å². The first-order valence-electron chi connectivity index (χ1n) is 11.0. The second kappa shape index (κ2) is 9.27. The lowest BCUT2D eigenvalue weighted by Crippen LogP contribution is -2.33. The zero-order valence-corrected chi connectivity index (χ0v) is 17.7. The first-order chi connectivity index (χ1) is 15.3. The van der Waals surface area contributed by atoms with Gasteiger partial charge < -0.3 is 10.4 Å². The minimum Gasteiger partial charge on any atom is -0.361 e. The summed E-state index contributed by atoms with van der Waals surface area (Å²) < 4.78 is 0. The van der Waals surface area contributed by atoms with Crippen molar-refractivity contribution in [2.24, 2.45) is 11.0 Å². The van der Waals surface area contributed by atoms with E-state index in [2.05, 4.69) is 79.1 Å². The molecule has 1 fully saturated rings. The molecule has 6 nitrogen and oxygen atoms in total. The highest BCUT2D eigenvalue weighted by Crippen LogP contribution is 2.23. The second-order valence-corrected chi connectivity index (χ2v) is 8.43. The summed E-state index contributed by atoms with van der Waals surface area (Å²) in [6.07, 6.45) is 13.2. The maximum absolute atomic E-state index is 4.39. The van der Waals surface area contributed by atoms with E-state index in [0.717, 1.165) is 35.1 Å². The Labute approximate surface area is 183 Å². The summed E-state index contributed by atoms with van der Waals surface area (Å²) in [7, 11) is 0. The summed E-state index contributed by atoms with van der Waals surface area (Å²) in [5.41, 5.74) is 9.75. The molecule has 3 aromatic rings. The Morgan fingerprint density at radius 3 is 2.74 bits per heavy atom. The van der Waals surface area contributed by atoms with Gasteiger partial charge in [0.2, 0.25) is 0 Å². The number of piperidine rings is 1. The van der Waals surface area contributed by atoms with Gasteiger partial charge in [0.15, 0.2) is 0 Å². The van der Waals surface area contributed by atoms with Crippen LogP contribution in [0.25, 0.3) is 6.08 Å². The smallest absolute Gasteiger partial charge is 0.115 e. The first kappa shape index (κ1) is 19.7. The SMILES string of the molecule is C(=C1CNN=C1c1cnccn1)c1cc(CN2CCC(Cc3ccccc3)CC2)c[nH]1. The highest BCUT2D eigenvalue weighted by molar-refractivity contribution is 6.14. The molecule has 2 N–H and O–H groups in total. The molecule has 0 amide bonds. The van der Waals surface area contributed by atoms with Crippen LogP contribution >= 0.6 is 0 Å². The van der Waals surface area contributed by atoms with E-state index in [1.165, 1.54) is 43.5 Å². The lowest BCUT2D eigenvalue weighted by atomic mass is 9.90. The van der Waals surface area contributed by atoms with Gasteiger partial charge in [-0.05, 0) is 61.5 Å². The number of H-pyrrole nitrogens is 1. The lowest BCUT2D eigenvalue weighted by Gasteiger charge is -2.31. The summed E-state index contributed by atoms with van der Waals surface area (Å²) in [5, 5.41) is 4.39. The van der Waals surface area contributed by atoms with Crippen LogP contribution in [0.1, 0.15) is 35.4 Å². The van der Waals surface area contributed by atoms with Crippen molar-refractivity contribution in [2.75, 3.05) is 19.6 Å². The molecule has 158 valence electrons. The Hall–Kier alpha value is -3.25. The van der Waals surface area contributed by atoms with Gasteiger partial charge in [0.1, 0.15) is 11.4 Å². The molecule has 6 heteroatoms. The lowest BCUT2D eigenvalue weighted by molar-refractivity contribution is 0.177. The highest BCUT2D eigenvalue weighted by Gasteiger charge is 2.20. The summed E-state index contributed by atoms with van der Waals surface area (Å²) >= 11 is 0. The number of hydrogen-bond acceptors (Lipinski definition) is 5. The van der Waals surface area contributed by atoms with E-state index >= 15 is 0 Å². The molecule has 0 unspecified atom stereocenters. The van der Waals surface area contributed by atoms with Crippen molar-refractivity contribution >= 4 is 11.8 Å². The molecule has 0 saturated carbocycles. The molecule has 0 bridgehead atoms. The monoisotopic (exact) mass is 412 g/mol. The Morgan fingerprint density at radius 1 is 1.06 bits per heavy atom. The molecule has 0 radical (unpaired) electrons. The first-order valence-corrected chi connectivity index (χ1v) is 11.0. The largest absolute Gasteiger partial charge is 0.361 e. The third kappa shape index (κ3) is 4.91. The maximum Gasteiger partial charge on any atom is 0.115 e. The number of rotatable bonds is 6. The standard InChI is InChI=1S/C25H28N6/c1-2-4-19(5-3-1)12-20-6-10-31(11-7-20)18-21-13-23(28-15-21)14-22-16-29-30-25(22)24-17-26-8-9-27-24/h1-5,8-9,13-15,17,20,28-29H,6-7,10-12,16,18H2. The van der Waals surface area contributed by atoms with Crippen molar-refractivity contribution in [3.8, 4) is 0 Å². The van der Waals surface area contributed by atoms with Gasteiger partial charge in [-0.15, -0.1) is 0 Å². The second-order valence-electron chi connectivity index (χ2n) is 8.43. The molecule has 4 heterocycles. The summed E-state index contributed by atoms with van der Waals surface area (Å²) in [4.78, 5) is 14.5. The van der Waals surface area contributed by atoms with Crippen LogP contribution in [0.15, 0.2) is 71.9 Å². The molecule has 1 saturated heterocycles. The molecule has 2 aromatic heterocycles. The molecular weight excluding hydrogens is 384 g/mol. The summed E-state index contributed by atoms with van der Waals surface area (Å²) in [6.45, 7) is 4.05. The van der Waals surface area contributed by atoms with Crippen molar-refractivity contribution in [1.29, 1.82) is 0 Å². The average Bonchev–Trinajstić information content (AvgIpc) is 3.46. The van der Waals surface area contributed by atoms with Crippen LogP contribution in [0.5, 0.6) is 0 Å². The van der Waals surface area contributed by atoms with Crippen LogP contribution in [-0.2, 0) is 13.0 Å². The van der Waals surface area contributed by atoms with E-state index in [9.17, 15) is 0 Å². The molecule has 0 aliphatic carbocycles. The van der Waals surface area contributed by atoms with E-state index in [-0.39, 0.29) is 0 Å². The normalized spacial score (nSPS) is 18.8. The zero-order valence-electron chi connectivity index (χ0n) is 17.7. The molecule has 0 spiro atoms. The number of hydrazone groups is 1. The van der Waals surface area contributed by atoms with Gasteiger partial charge in [0.25, 0.3) is 0 Å². The number of hydrogen-bond donors (Lipinski definition) is 2. The van der Waals surface area contributed by atoms with E-state index in [1.807, 2.05) is 0 Å². The van der Waals surface area contributed by atoms with Crippen molar-refractivity contribution < 1.29 is 0 Å². The zero-order chi connectivity index (χ0) is 20.9. The van der Waals surface area contributed by atoms with Crippen LogP contribution in [0.3, 0.4) is 0 Å². The number of benzene rings is 1. The number of nitrogens with zero attached hydrogens (tertiary/aromatic N) is 4. The van der Waals surface area contributed by atoms with Crippen molar-refractivity contribution in [3.63, 3.8) is 0 Å². The van der Waals surface area contributed by atoms with Gasteiger partial charge in [0.05, 0.1) is 12.7 Å². The van der Waals surface area contributed by atoms with Gasteiger partial charge in [-0.2, -0.15) is 5.10 Å². The predicted octanol–water partition coefficient (Wildman–Crippen LogP) is 3.65. The van der Waals surface area contributed by atoms with Crippen LogP contribution in [-0.4, -0.2) is 45.2 Å². The van der Waals surface area contributed by atoms with Gasteiger partial charge in [0, 0.05) is 36.4 Å². The molecule has 31 heavy (non-hydrogen) atoms. The molecule has 1 aromatic carbocycles. The molecule has 2 aliphatic heterocycles. The number of nitrogens with one attached hydrogen (secondary N) is 2. The molecule has 5 rings (SSSR count). The van der Waals surface area contributed by atoms with Crippen LogP contribution in [0.4, 0.5) is 0 Å². The Bertz CT molecular complexity index is 1050. The topological polar surface area (TPSA) is 69.2 Å². The van der Waals surface area contributed by atoms with Gasteiger partial charge >= 0.3 is 0 Å². The fourth-order valence-corrected chi connectivity index (χ4v) is 4.50. The Morgan fingerprint density at radius 2 is 1.94 bits per heavy atom. The van der Waals surface area contributed by atoms with Crippen molar-refractivity contribution in [3.05, 3.63) is 89.3 Å². The maximum atomic E-state index is 4.39. The summed E-state index contributed by atoms with van der Waals surface area (Å²) in [5.74, 6) is 0.804. The molecule has 0 atom stereocenters. The number of likely N-dealkylation sites (tertiary alicyclic amines) is 1. The van der Waals surface area contributed by atoms with Gasteiger partial charge in [-0.3, -0.25) is 14.9 Å². The summed E-state index contributed by atoms with van der Waals surface area (Å²) in [6, 6.07) is 13.1. The fourth-order valence-electron chi connectivity index (χ4n) is 4.50. The van der Waals surface area contributed by atoms with Crippen LogP contribution in [0.2, 0.25) is 0 Å². The Kier molecular flexibility index (Phi) is 5.89. The molecule has 2 aliphatic rings. The average molecular weight is 413 g/mol. The highest BCUT2D eigenvalue weighted by atomic mass is 15.3. The van der Waals surface area contributed by atoms with E-state index in [0.29, 0.717) is 6.54 Å². The third-order valence-electron chi connectivity index (χ3n) is 6.15. The minimum atomic E-state index is 0.704. The molecular formula is C25H28N6. The van der Waals surface area contributed by atoms with Gasteiger partial charge in [-0.1, -0.05) is 30.3 Å². The van der Waals surface area contributed by atoms with Crippen LogP contribution in [0, 0.1) is 5.92 Å². The van der Waals surface area contributed by atoms with E-state index < -0.39 is 0 Å². The number of aromatic nitrogens is 3. The van der Waals surface area contributed by atoms with Gasteiger partial charge in [-0.25, -0.2) is 0 Å².